The number of hydrogen-bond donors (Lipinski definition) is 0. The average molecular weight is 539 g/mol. The van der Waals surface area contributed by atoms with Crippen molar-refractivity contribution in [1.29, 1.82) is 0 Å². The molecule has 0 bridgehead atoms. The Labute approximate surface area is 230 Å². The lowest BCUT2D eigenvalue weighted by Gasteiger charge is -2.42. The summed E-state index contributed by atoms with van der Waals surface area (Å²) >= 11 is 0. The topological polar surface area (TPSA) is 68.3 Å². The Morgan fingerprint density at radius 1 is 1.10 bits per heavy atom. The minimum atomic E-state index is -0.663. The molecule has 210 valence electrons. The molecule has 0 aromatic heterocycles. The van der Waals surface area contributed by atoms with Crippen LogP contribution in [0.15, 0.2) is 49.1 Å². The summed E-state index contributed by atoms with van der Waals surface area (Å²) in [5.74, 6) is 0.361. The first-order valence-corrected chi connectivity index (χ1v) is 13.1. The number of ketones is 1. The maximum absolute atomic E-state index is 14.0. The second-order valence-electron chi connectivity index (χ2n) is 10.6. The van der Waals surface area contributed by atoms with Crippen molar-refractivity contribution in [1.82, 2.24) is 4.90 Å². The highest BCUT2D eigenvalue weighted by Gasteiger charge is 2.34. The molecule has 0 aliphatic carbocycles. The van der Waals surface area contributed by atoms with E-state index >= 15 is 0 Å². The van der Waals surface area contributed by atoms with Gasteiger partial charge in [0.1, 0.15) is 18.0 Å². The van der Waals surface area contributed by atoms with Gasteiger partial charge in [-0.2, -0.15) is 0 Å². The third-order valence-corrected chi connectivity index (χ3v) is 6.63. The SMILES string of the molecule is C=CCOc1ccc(C=CC(=O)CC2CN(c3ccc(F)c(OC)c3)CCN2C(=O)OC(C)(C)C)c(C)c1C. The van der Waals surface area contributed by atoms with Gasteiger partial charge < -0.3 is 24.0 Å². The molecule has 2 aromatic carbocycles. The van der Waals surface area contributed by atoms with E-state index in [1.807, 2.05) is 51.7 Å². The Balaban J connectivity index is 1.80. The molecule has 1 aliphatic heterocycles. The largest absolute Gasteiger partial charge is 0.494 e. The third kappa shape index (κ3) is 7.85. The monoisotopic (exact) mass is 538 g/mol. The van der Waals surface area contributed by atoms with Crippen LogP contribution in [0.4, 0.5) is 14.9 Å². The molecule has 2 aromatic rings. The molecule has 1 unspecified atom stereocenters. The second-order valence-corrected chi connectivity index (χ2v) is 10.6. The Hall–Kier alpha value is -3.81. The molecule has 0 spiro atoms. The van der Waals surface area contributed by atoms with Gasteiger partial charge in [0.15, 0.2) is 17.3 Å². The van der Waals surface area contributed by atoms with Gasteiger partial charge >= 0.3 is 6.09 Å². The number of rotatable bonds is 9. The number of ether oxygens (including phenoxy) is 3. The third-order valence-electron chi connectivity index (χ3n) is 6.63. The normalized spacial score (nSPS) is 15.8. The molecule has 0 radical (unpaired) electrons. The number of benzene rings is 2. The maximum Gasteiger partial charge on any atom is 0.410 e. The summed E-state index contributed by atoms with van der Waals surface area (Å²) in [6.45, 7) is 14.8. The molecule has 1 aliphatic rings. The van der Waals surface area contributed by atoms with Crippen LogP contribution in [0.2, 0.25) is 0 Å². The van der Waals surface area contributed by atoms with Crippen molar-refractivity contribution in [2.45, 2.75) is 52.7 Å². The number of allylic oxidation sites excluding steroid dienone is 1. The van der Waals surface area contributed by atoms with Crippen LogP contribution in [0, 0.1) is 19.7 Å². The van der Waals surface area contributed by atoms with E-state index in [0.29, 0.717) is 26.2 Å². The van der Waals surface area contributed by atoms with Crippen molar-refractivity contribution in [3.05, 3.63) is 71.6 Å². The molecule has 1 heterocycles. The average Bonchev–Trinajstić information content (AvgIpc) is 2.88. The highest BCUT2D eigenvalue weighted by atomic mass is 19.1. The van der Waals surface area contributed by atoms with Gasteiger partial charge in [-0.05, 0) is 75.6 Å². The quantitative estimate of drug-likeness (QED) is 0.283. The predicted octanol–water partition coefficient (Wildman–Crippen LogP) is 6.11. The standard InChI is InChI=1S/C31H39FN2O5/c1-8-17-38-28-14-10-23(21(2)22(28)3)9-12-26(35)18-25-20-33(24-11-13-27(32)29(19-24)37-7)15-16-34(25)30(36)39-31(4,5)6/h8-14,19,25H,1,15-18,20H2,2-7H3. The van der Waals surface area contributed by atoms with Crippen LogP contribution in [-0.4, -0.2) is 61.8 Å². The lowest BCUT2D eigenvalue weighted by molar-refractivity contribution is -0.115. The fraction of sp³-hybridized carbons (Fsp3) is 0.419. The highest BCUT2D eigenvalue weighted by Crippen LogP contribution is 2.28. The molecular formula is C31H39FN2O5. The van der Waals surface area contributed by atoms with Crippen LogP contribution < -0.4 is 14.4 Å². The number of amides is 1. The van der Waals surface area contributed by atoms with E-state index in [1.54, 1.807) is 35.3 Å². The predicted molar refractivity (Wildman–Crippen MR) is 152 cm³/mol. The fourth-order valence-electron chi connectivity index (χ4n) is 4.46. The summed E-state index contributed by atoms with van der Waals surface area (Å²) in [4.78, 5) is 29.8. The Kier molecular flexibility index (Phi) is 9.78. The van der Waals surface area contributed by atoms with E-state index in [-0.39, 0.29) is 18.0 Å². The molecule has 1 amide bonds. The molecule has 8 heteroatoms. The minimum absolute atomic E-state index is 0.114. The lowest BCUT2D eigenvalue weighted by atomic mass is 10.0. The van der Waals surface area contributed by atoms with Gasteiger partial charge in [-0.3, -0.25) is 4.79 Å². The van der Waals surface area contributed by atoms with Gasteiger partial charge in [-0.1, -0.05) is 24.8 Å². The van der Waals surface area contributed by atoms with Crippen LogP contribution >= 0.6 is 0 Å². The van der Waals surface area contributed by atoms with Crippen LogP contribution in [0.1, 0.15) is 43.9 Å². The number of hydrogen-bond acceptors (Lipinski definition) is 6. The Morgan fingerprint density at radius 3 is 2.51 bits per heavy atom. The van der Waals surface area contributed by atoms with Gasteiger partial charge in [-0.15, -0.1) is 0 Å². The van der Waals surface area contributed by atoms with Crippen LogP contribution in [0.3, 0.4) is 0 Å². The molecule has 1 atom stereocenters. The van der Waals surface area contributed by atoms with E-state index in [2.05, 4.69) is 6.58 Å². The van der Waals surface area contributed by atoms with Crippen molar-refractivity contribution in [2.24, 2.45) is 0 Å². The smallest absolute Gasteiger partial charge is 0.410 e. The van der Waals surface area contributed by atoms with Crippen LogP contribution in [-0.2, 0) is 9.53 Å². The maximum atomic E-state index is 14.0. The van der Waals surface area contributed by atoms with Crippen molar-refractivity contribution in [2.75, 3.05) is 38.3 Å². The lowest BCUT2D eigenvalue weighted by Crippen LogP contribution is -2.56. The van der Waals surface area contributed by atoms with Crippen LogP contribution in [0.25, 0.3) is 6.08 Å². The van der Waals surface area contributed by atoms with Gasteiger partial charge in [-0.25, -0.2) is 9.18 Å². The van der Waals surface area contributed by atoms with E-state index < -0.39 is 23.6 Å². The zero-order valence-electron chi connectivity index (χ0n) is 23.8. The first-order chi connectivity index (χ1) is 18.4. The molecule has 0 N–H and O–H groups in total. The summed E-state index contributed by atoms with van der Waals surface area (Å²) in [7, 11) is 1.42. The van der Waals surface area contributed by atoms with Gasteiger partial charge in [0, 0.05) is 37.8 Å². The number of anilines is 1. The molecule has 3 rings (SSSR count). The minimum Gasteiger partial charge on any atom is -0.494 e. The zero-order valence-corrected chi connectivity index (χ0v) is 23.8. The highest BCUT2D eigenvalue weighted by molar-refractivity contribution is 5.94. The number of methoxy groups -OCH3 is 1. The fourth-order valence-corrected chi connectivity index (χ4v) is 4.46. The van der Waals surface area contributed by atoms with Crippen molar-refractivity contribution < 1.29 is 28.2 Å². The first-order valence-electron chi connectivity index (χ1n) is 13.1. The van der Waals surface area contributed by atoms with E-state index in [4.69, 9.17) is 14.2 Å². The molecular weight excluding hydrogens is 499 g/mol. The molecule has 7 nitrogen and oxygen atoms in total. The molecule has 1 fully saturated rings. The number of halogens is 1. The molecule has 1 saturated heterocycles. The van der Waals surface area contributed by atoms with Gasteiger partial charge in [0.2, 0.25) is 0 Å². The summed E-state index contributed by atoms with van der Waals surface area (Å²) in [6.07, 6.45) is 4.70. The summed E-state index contributed by atoms with van der Waals surface area (Å²) in [5.41, 5.74) is 3.03. The van der Waals surface area contributed by atoms with E-state index in [0.717, 1.165) is 28.1 Å². The first kappa shape index (κ1) is 29.7. The number of nitrogens with zero attached hydrogens (tertiary/aromatic N) is 2. The van der Waals surface area contributed by atoms with Gasteiger partial charge in [0.25, 0.3) is 0 Å². The Bertz CT molecular complexity index is 1230. The number of carbonyl (C=O) groups is 2. The molecule has 0 saturated carbocycles. The second kappa shape index (κ2) is 12.8. The van der Waals surface area contributed by atoms with Crippen LogP contribution in [0.5, 0.6) is 11.5 Å². The zero-order chi connectivity index (χ0) is 28.7. The van der Waals surface area contributed by atoms with Crippen molar-refractivity contribution in [3.8, 4) is 11.5 Å². The van der Waals surface area contributed by atoms with E-state index in [9.17, 15) is 14.0 Å². The number of carbonyl (C=O) groups excluding carboxylic acids is 2. The van der Waals surface area contributed by atoms with Crippen molar-refractivity contribution in [3.63, 3.8) is 0 Å². The van der Waals surface area contributed by atoms with Crippen molar-refractivity contribution >= 4 is 23.6 Å². The summed E-state index contributed by atoms with van der Waals surface area (Å²) < 4.78 is 30.5. The summed E-state index contributed by atoms with van der Waals surface area (Å²) in [5, 5.41) is 0. The van der Waals surface area contributed by atoms with Gasteiger partial charge in [0.05, 0.1) is 13.2 Å². The number of piperazine rings is 1. The Morgan fingerprint density at radius 2 is 1.85 bits per heavy atom. The molecule has 39 heavy (non-hydrogen) atoms. The van der Waals surface area contributed by atoms with E-state index in [1.165, 1.54) is 13.2 Å². The summed E-state index contributed by atoms with van der Waals surface area (Å²) in [6, 6.07) is 8.03.